The fourth-order valence-electron chi connectivity index (χ4n) is 1.79. The second kappa shape index (κ2) is 6.81. The van der Waals surface area contributed by atoms with Crippen molar-refractivity contribution >= 4 is 38.6 Å². The third-order valence-electron chi connectivity index (χ3n) is 2.89. The summed E-state index contributed by atoms with van der Waals surface area (Å²) in [5, 5.41) is 6.76. The summed E-state index contributed by atoms with van der Waals surface area (Å²) in [4.78, 5) is 4.42. The minimum absolute atomic E-state index is 0.253. The lowest BCUT2D eigenvalue weighted by Gasteiger charge is -1.96. The zero-order chi connectivity index (χ0) is 15.4. The van der Waals surface area contributed by atoms with Crippen molar-refractivity contribution in [2.24, 2.45) is 5.10 Å². The lowest BCUT2D eigenvalue weighted by molar-refractivity contribution is 0.628. The van der Waals surface area contributed by atoms with Crippen LogP contribution in [0.2, 0.25) is 0 Å². The Morgan fingerprint density at radius 3 is 2.55 bits per heavy atom. The van der Waals surface area contributed by atoms with Gasteiger partial charge in [0.05, 0.1) is 11.9 Å². The summed E-state index contributed by atoms with van der Waals surface area (Å²) in [6.45, 7) is 0. The number of nitrogens with one attached hydrogen (secondary N) is 1. The fourth-order valence-corrected chi connectivity index (χ4v) is 2.72. The van der Waals surface area contributed by atoms with Crippen LogP contribution in [0.15, 0.2) is 63.5 Å². The van der Waals surface area contributed by atoms with Crippen molar-refractivity contribution in [2.75, 3.05) is 5.43 Å². The summed E-state index contributed by atoms with van der Waals surface area (Å²) in [6.07, 6.45) is 1.73. The van der Waals surface area contributed by atoms with Crippen molar-refractivity contribution < 1.29 is 4.39 Å². The van der Waals surface area contributed by atoms with Gasteiger partial charge in [-0.15, -0.1) is 11.3 Å². The predicted molar refractivity (Wildman–Crippen MR) is 92.9 cm³/mol. The SMILES string of the molecule is Fc1ccc(-c2csc(N/N=C/c3ccc(Br)cc3)n2)cc1. The predicted octanol–water partition coefficient (Wildman–Crippen LogP) is 5.16. The number of halogens is 2. The first kappa shape index (κ1) is 14.9. The minimum Gasteiger partial charge on any atom is -0.253 e. The monoisotopic (exact) mass is 375 g/mol. The summed E-state index contributed by atoms with van der Waals surface area (Å²) >= 11 is 4.84. The first-order chi connectivity index (χ1) is 10.7. The van der Waals surface area contributed by atoms with Gasteiger partial charge in [-0.05, 0) is 42.0 Å². The second-order valence-electron chi connectivity index (χ2n) is 4.47. The van der Waals surface area contributed by atoms with E-state index >= 15 is 0 Å². The number of benzene rings is 2. The fraction of sp³-hybridized carbons (Fsp3) is 0. The molecule has 2 aromatic carbocycles. The molecule has 3 nitrogen and oxygen atoms in total. The van der Waals surface area contributed by atoms with Gasteiger partial charge in [-0.3, -0.25) is 5.43 Å². The van der Waals surface area contributed by atoms with Crippen LogP contribution in [0.1, 0.15) is 5.56 Å². The average Bonchev–Trinajstić information content (AvgIpc) is 2.99. The van der Waals surface area contributed by atoms with Crippen molar-refractivity contribution in [3.63, 3.8) is 0 Å². The molecule has 0 fully saturated rings. The molecule has 0 aliphatic carbocycles. The third kappa shape index (κ3) is 3.78. The number of hydrazone groups is 1. The van der Waals surface area contributed by atoms with Crippen LogP contribution >= 0.6 is 27.3 Å². The number of anilines is 1. The van der Waals surface area contributed by atoms with Gasteiger partial charge < -0.3 is 0 Å². The van der Waals surface area contributed by atoms with Crippen molar-refractivity contribution in [1.82, 2.24) is 4.98 Å². The molecule has 6 heteroatoms. The van der Waals surface area contributed by atoms with Crippen LogP contribution in [0.3, 0.4) is 0 Å². The van der Waals surface area contributed by atoms with Crippen LogP contribution in [0, 0.1) is 5.82 Å². The number of hydrogen-bond acceptors (Lipinski definition) is 4. The zero-order valence-corrected chi connectivity index (χ0v) is 13.7. The van der Waals surface area contributed by atoms with Crippen LogP contribution in [0.25, 0.3) is 11.3 Å². The van der Waals surface area contributed by atoms with E-state index in [-0.39, 0.29) is 5.82 Å². The number of rotatable bonds is 4. The summed E-state index contributed by atoms with van der Waals surface area (Å²) in [6, 6.07) is 14.1. The van der Waals surface area contributed by atoms with Crippen LogP contribution in [-0.4, -0.2) is 11.2 Å². The van der Waals surface area contributed by atoms with E-state index in [1.165, 1.54) is 23.5 Å². The molecule has 0 atom stereocenters. The molecule has 0 aliphatic rings. The molecule has 0 radical (unpaired) electrons. The number of hydrogen-bond donors (Lipinski definition) is 1. The molecule has 0 aliphatic heterocycles. The topological polar surface area (TPSA) is 37.3 Å². The van der Waals surface area contributed by atoms with Crippen LogP contribution in [-0.2, 0) is 0 Å². The van der Waals surface area contributed by atoms with E-state index in [4.69, 9.17) is 0 Å². The normalized spacial score (nSPS) is 11.0. The molecule has 0 unspecified atom stereocenters. The molecule has 3 rings (SSSR count). The molecule has 1 aromatic heterocycles. The highest BCUT2D eigenvalue weighted by Crippen LogP contribution is 2.24. The summed E-state index contributed by atoms with van der Waals surface area (Å²) in [7, 11) is 0. The lowest BCUT2D eigenvalue weighted by Crippen LogP contribution is -1.90. The van der Waals surface area contributed by atoms with Gasteiger partial charge in [-0.25, -0.2) is 9.37 Å². The van der Waals surface area contributed by atoms with Gasteiger partial charge in [0.15, 0.2) is 0 Å². The molecule has 1 N–H and O–H groups in total. The Morgan fingerprint density at radius 1 is 1.09 bits per heavy atom. The Balaban J connectivity index is 1.66. The maximum absolute atomic E-state index is 12.9. The molecule has 22 heavy (non-hydrogen) atoms. The lowest BCUT2D eigenvalue weighted by atomic mass is 10.2. The van der Waals surface area contributed by atoms with Crippen LogP contribution in [0.5, 0.6) is 0 Å². The van der Waals surface area contributed by atoms with Crippen molar-refractivity contribution in [1.29, 1.82) is 0 Å². The van der Waals surface area contributed by atoms with E-state index < -0.39 is 0 Å². The van der Waals surface area contributed by atoms with Crippen LogP contribution in [0.4, 0.5) is 9.52 Å². The first-order valence-corrected chi connectivity index (χ1v) is 8.14. The molecular formula is C16H11BrFN3S. The molecule has 0 saturated carbocycles. The van der Waals surface area contributed by atoms with Crippen molar-refractivity contribution in [3.8, 4) is 11.3 Å². The van der Waals surface area contributed by atoms with Crippen molar-refractivity contribution in [3.05, 3.63) is 69.8 Å². The Bertz CT molecular complexity index is 782. The van der Waals surface area contributed by atoms with E-state index in [9.17, 15) is 4.39 Å². The maximum Gasteiger partial charge on any atom is 0.203 e. The zero-order valence-electron chi connectivity index (χ0n) is 11.3. The molecule has 0 saturated heterocycles. The highest BCUT2D eigenvalue weighted by molar-refractivity contribution is 9.10. The van der Waals surface area contributed by atoms with Crippen LogP contribution < -0.4 is 5.43 Å². The van der Waals surface area contributed by atoms with Gasteiger partial charge in [-0.2, -0.15) is 5.10 Å². The second-order valence-corrected chi connectivity index (χ2v) is 6.24. The highest BCUT2D eigenvalue weighted by atomic mass is 79.9. The first-order valence-electron chi connectivity index (χ1n) is 6.47. The Hall–Kier alpha value is -2.05. The number of nitrogens with zero attached hydrogens (tertiary/aromatic N) is 2. The molecular weight excluding hydrogens is 365 g/mol. The number of aromatic nitrogens is 1. The van der Waals surface area contributed by atoms with E-state index in [1.54, 1.807) is 18.3 Å². The quantitative estimate of drug-likeness (QED) is 0.505. The van der Waals surface area contributed by atoms with Gasteiger partial charge in [0.2, 0.25) is 5.13 Å². The van der Waals surface area contributed by atoms with Gasteiger partial charge in [0, 0.05) is 15.4 Å². The molecule has 0 spiro atoms. The third-order valence-corrected chi connectivity index (χ3v) is 4.16. The molecule has 3 aromatic rings. The average molecular weight is 376 g/mol. The largest absolute Gasteiger partial charge is 0.253 e. The Kier molecular flexibility index (Phi) is 4.60. The molecule has 0 bridgehead atoms. The Labute approximate surface area is 139 Å². The van der Waals surface area contributed by atoms with Gasteiger partial charge in [0.1, 0.15) is 5.82 Å². The smallest absolute Gasteiger partial charge is 0.203 e. The van der Waals surface area contributed by atoms with Gasteiger partial charge in [0.25, 0.3) is 0 Å². The van der Waals surface area contributed by atoms with E-state index in [1.807, 2.05) is 29.6 Å². The molecule has 1 heterocycles. The van der Waals surface area contributed by atoms with E-state index in [2.05, 4.69) is 31.4 Å². The van der Waals surface area contributed by atoms with E-state index in [0.29, 0.717) is 5.13 Å². The molecule has 0 amide bonds. The summed E-state index contributed by atoms with van der Waals surface area (Å²) < 4.78 is 13.9. The number of thiazole rings is 1. The highest BCUT2D eigenvalue weighted by Gasteiger charge is 2.03. The minimum atomic E-state index is -0.253. The van der Waals surface area contributed by atoms with Gasteiger partial charge in [-0.1, -0.05) is 28.1 Å². The van der Waals surface area contributed by atoms with E-state index in [0.717, 1.165) is 21.3 Å². The maximum atomic E-state index is 12.9. The standard InChI is InChI=1S/C16H11BrFN3S/c17-13-5-1-11(2-6-13)9-19-21-16-20-15(10-22-16)12-3-7-14(18)8-4-12/h1-10H,(H,20,21)/b19-9+. The summed E-state index contributed by atoms with van der Waals surface area (Å²) in [5.74, 6) is -0.253. The Morgan fingerprint density at radius 2 is 1.82 bits per heavy atom. The summed E-state index contributed by atoms with van der Waals surface area (Å²) in [5.41, 5.74) is 5.57. The van der Waals surface area contributed by atoms with Gasteiger partial charge >= 0.3 is 0 Å². The molecule has 110 valence electrons. The van der Waals surface area contributed by atoms with Crippen molar-refractivity contribution in [2.45, 2.75) is 0 Å².